The molecule has 0 aliphatic heterocycles. The van der Waals surface area contributed by atoms with Crippen LogP contribution in [0.3, 0.4) is 0 Å². The molecule has 0 fully saturated rings. The smallest absolute Gasteiger partial charge is 0.151 e. The Kier molecular flexibility index (Phi) is 6.47. The van der Waals surface area contributed by atoms with Gasteiger partial charge in [0.05, 0.1) is 0 Å². The monoisotopic (exact) mass is 428 g/mol. The van der Waals surface area contributed by atoms with E-state index in [4.69, 9.17) is 0 Å². The van der Waals surface area contributed by atoms with Crippen LogP contribution in [0.5, 0.6) is 5.75 Å². The molecular weight excluding hydrogens is 404 g/mol. The summed E-state index contributed by atoms with van der Waals surface area (Å²) < 4.78 is 0. The Hall–Kier alpha value is -4.43. The second kappa shape index (κ2) is 9.80. The fourth-order valence-corrected chi connectivity index (χ4v) is 3.97. The maximum absolute atomic E-state index is 12.2. The summed E-state index contributed by atoms with van der Waals surface area (Å²) in [6.07, 6.45) is 6.25. The van der Waals surface area contributed by atoms with E-state index in [1.165, 1.54) is 0 Å². The maximum atomic E-state index is 12.2. The van der Waals surface area contributed by atoms with Gasteiger partial charge in [-0.25, -0.2) is 0 Å². The van der Waals surface area contributed by atoms with Crippen LogP contribution in [0.25, 0.3) is 39.0 Å². The zero-order valence-corrected chi connectivity index (χ0v) is 18.2. The number of hydrogen-bond donors (Lipinski definition) is 1. The predicted molar refractivity (Wildman–Crippen MR) is 138 cm³/mol. The van der Waals surface area contributed by atoms with Gasteiger partial charge in [-0.2, -0.15) is 0 Å². The molecule has 0 aliphatic rings. The Morgan fingerprint density at radius 2 is 1.21 bits per heavy atom. The van der Waals surface area contributed by atoms with Gasteiger partial charge >= 0.3 is 0 Å². The number of allylic oxidation sites excluding steroid dienone is 4. The zero-order chi connectivity index (χ0) is 23.2. The van der Waals surface area contributed by atoms with Gasteiger partial charge in [0.25, 0.3) is 0 Å². The molecule has 0 aliphatic carbocycles. The Morgan fingerprint density at radius 3 is 1.73 bits per heavy atom. The third-order valence-electron chi connectivity index (χ3n) is 5.63. The van der Waals surface area contributed by atoms with Gasteiger partial charge < -0.3 is 5.11 Å². The fourth-order valence-electron chi connectivity index (χ4n) is 3.97. The fraction of sp³-hybridized carbons (Fsp3) is 0. The van der Waals surface area contributed by atoms with Crippen LogP contribution in [0, 0.1) is 0 Å². The third kappa shape index (κ3) is 4.60. The predicted octanol–water partition coefficient (Wildman–Crippen LogP) is 7.96. The number of phenolic OH excluding ortho intramolecular Hbond substituents is 1. The summed E-state index contributed by atoms with van der Waals surface area (Å²) in [5, 5.41) is 10.5. The molecule has 0 saturated heterocycles. The molecule has 0 aromatic heterocycles. The van der Waals surface area contributed by atoms with E-state index < -0.39 is 0 Å². The van der Waals surface area contributed by atoms with Crippen molar-refractivity contribution < 1.29 is 9.90 Å². The van der Waals surface area contributed by atoms with Crippen LogP contribution in [0.15, 0.2) is 122 Å². The first-order chi connectivity index (χ1) is 16.1. The van der Waals surface area contributed by atoms with Gasteiger partial charge in [0.1, 0.15) is 5.75 Å². The highest BCUT2D eigenvalue weighted by Gasteiger charge is 2.14. The molecule has 0 saturated carbocycles. The molecule has 4 aromatic rings. The van der Waals surface area contributed by atoms with Gasteiger partial charge in [-0.1, -0.05) is 110 Å². The lowest BCUT2D eigenvalue weighted by Crippen LogP contribution is -1.94. The maximum Gasteiger partial charge on any atom is 0.151 e. The summed E-state index contributed by atoms with van der Waals surface area (Å²) in [4.78, 5) is 12.2. The number of benzene rings is 4. The molecule has 2 nitrogen and oxygen atoms in total. The number of carbonyl (C=O) groups excluding carboxylic acids is 1. The molecule has 0 amide bonds. The van der Waals surface area contributed by atoms with E-state index >= 15 is 0 Å². The van der Waals surface area contributed by atoms with E-state index in [0.717, 1.165) is 39.7 Å². The van der Waals surface area contributed by atoms with Crippen molar-refractivity contribution in [3.8, 4) is 39.1 Å². The van der Waals surface area contributed by atoms with E-state index in [1.807, 2.05) is 72.8 Å². The topological polar surface area (TPSA) is 37.3 Å². The molecule has 0 heterocycles. The molecule has 160 valence electrons. The van der Waals surface area contributed by atoms with Gasteiger partial charge in [0, 0.05) is 5.56 Å². The number of rotatable bonds is 7. The van der Waals surface area contributed by atoms with Gasteiger partial charge in [-0.05, 0) is 56.6 Å². The Morgan fingerprint density at radius 1 is 0.697 bits per heavy atom. The highest BCUT2D eigenvalue weighted by Crippen LogP contribution is 2.36. The first-order valence-electron chi connectivity index (χ1n) is 10.7. The number of aromatic hydroxyl groups is 1. The molecule has 4 aromatic carbocycles. The van der Waals surface area contributed by atoms with Crippen LogP contribution in [0.4, 0.5) is 0 Å². The van der Waals surface area contributed by atoms with Gasteiger partial charge in [-0.3, -0.25) is 4.79 Å². The van der Waals surface area contributed by atoms with E-state index in [1.54, 1.807) is 24.3 Å². The molecule has 0 spiro atoms. The molecule has 0 radical (unpaired) electrons. The minimum absolute atomic E-state index is 0.111. The van der Waals surface area contributed by atoms with Crippen LogP contribution in [0.1, 0.15) is 15.9 Å². The lowest BCUT2D eigenvalue weighted by molar-refractivity contribution is 0.112. The number of phenols is 1. The normalized spacial score (nSPS) is 11.1. The van der Waals surface area contributed by atoms with Gasteiger partial charge in [-0.15, -0.1) is 0 Å². The number of hydrogen-bond acceptors (Lipinski definition) is 2. The average Bonchev–Trinajstić information content (AvgIpc) is 2.87. The van der Waals surface area contributed by atoms with Crippen LogP contribution < -0.4 is 0 Å². The SMILES string of the molecule is C=C/C=C(\C=C)c1ccc(-c2cc(O)cc(-c3ccc(-c4ccccc4)cc3)c2C=O)cc1. The first kappa shape index (κ1) is 21.8. The van der Waals surface area contributed by atoms with Crippen LogP contribution in [-0.2, 0) is 0 Å². The van der Waals surface area contributed by atoms with Crippen molar-refractivity contribution >= 4 is 11.9 Å². The molecular formula is C31H24O2. The molecule has 0 unspecified atom stereocenters. The van der Waals surface area contributed by atoms with Gasteiger partial charge in [0.2, 0.25) is 0 Å². The highest BCUT2D eigenvalue weighted by atomic mass is 16.3. The summed E-state index contributed by atoms with van der Waals surface area (Å²) in [5.74, 6) is 0.111. The zero-order valence-electron chi connectivity index (χ0n) is 18.2. The van der Waals surface area contributed by atoms with Crippen LogP contribution >= 0.6 is 0 Å². The molecule has 0 atom stereocenters. The van der Waals surface area contributed by atoms with Crippen LogP contribution in [0.2, 0.25) is 0 Å². The Balaban J connectivity index is 1.76. The summed E-state index contributed by atoms with van der Waals surface area (Å²) in [5.41, 5.74) is 7.82. The molecule has 0 bridgehead atoms. The second-order valence-electron chi connectivity index (χ2n) is 7.65. The van der Waals surface area contributed by atoms with Crippen molar-refractivity contribution in [2.24, 2.45) is 0 Å². The van der Waals surface area contributed by atoms with Crippen molar-refractivity contribution in [1.29, 1.82) is 0 Å². The summed E-state index contributed by atoms with van der Waals surface area (Å²) in [7, 11) is 0. The lowest BCUT2D eigenvalue weighted by Gasteiger charge is -2.14. The van der Waals surface area contributed by atoms with E-state index in [0.29, 0.717) is 16.7 Å². The summed E-state index contributed by atoms with van der Waals surface area (Å²) in [6.45, 7) is 7.59. The highest BCUT2D eigenvalue weighted by molar-refractivity contribution is 5.97. The van der Waals surface area contributed by atoms with E-state index in [-0.39, 0.29) is 5.75 Å². The minimum Gasteiger partial charge on any atom is -0.508 e. The van der Waals surface area contributed by atoms with Crippen molar-refractivity contribution in [1.82, 2.24) is 0 Å². The minimum atomic E-state index is 0.111. The lowest BCUT2D eigenvalue weighted by atomic mass is 9.90. The standard InChI is InChI=1S/C31H24O2/c1-3-8-22(4-2)24-11-15-26(16-12-24)29-19-28(33)20-30(31(29)21-32)27-17-13-25(14-18-27)23-9-6-5-7-10-23/h3-21,33H,1-2H2/b22-8+. The van der Waals surface area contributed by atoms with E-state index in [2.05, 4.69) is 25.3 Å². The van der Waals surface area contributed by atoms with Crippen molar-refractivity contribution in [3.63, 3.8) is 0 Å². The molecule has 1 N–H and O–H groups in total. The van der Waals surface area contributed by atoms with Crippen molar-refractivity contribution in [2.75, 3.05) is 0 Å². The quantitative estimate of drug-likeness (QED) is 0.239. The summed E-state index contributed by atoms with van der Waals surface area (Å²) in [6, 6.07) is 29.2. The molecule has 33 heavy (non-hydrogen) atoms. The Labute approximate surface area is 194 Å². The number of carbonyl (C=O) groups is 1. The third-order valence-corrected chi connectivity index (χ3v) is 5.63. The summed E-state index contributed by atoms with van der Waals surface area (Å²) >= 11 is 0. The van der Waals surface area contributed by atoms with Crippen LogP contribution in [-0.4, -0.2) is 11.4 Å². The second-order valence-corrected chi connectivity index (χ2v) is 7.65. The average molecular weight is 429 g/mol. The van der Waals surface area contributed by atoms with Crippen molar-refractivity contribution in [3.05, 3.63) is 134 Å². The van der Waals surface area contributed by atoms with Crippen molar-refractivity contribution in [2.45, 2.75) is 0 Å². The first-order valence-corrected chi connectivity index (χ1v) is 10.7. The van der Waals surface area contributed by atoms with Gasteiger partial charge in [0.15, 0.2) is 6.29 Å². The van der Waals surface area contributed by atoms with E-state index in [9.17, 15) is 9.90 Å². The Bertz CT molecular complexity index is 1330. The molecule has 4 rings (SSSR count). The number of aldehydes is 1. The largest absolute Gasteiger partial charge is 0.508 e. The molecule has 2 heteroatoms.